The van der Waals surface area contributed by atoms with Crippen LogP contribution in [0.1, 0.15) is 32.9 Å². The molecule has 0 unspecified atom stereocenters. The molecule has 0 radical (unpaired) electrons. The van der Waals surface area contributed by atoms with Crippen molar-refractivity contribution in [1.29, 1.82) is 0 Å². The van der Waals surface area contributed by atoms with Gasteiger partial charge >= 0.3 is 6.09 Å². The van der Waals surface area contributed by atoms with E-state index < -0.39 is 5.60 Å². The number of nitrogens with zero attached hydrogens (tertiary/aromatic N) is 8. The normalized spacial score (nSPS) is 19.1. The van der Waals surface area contributed by atoms with E-state index in [1.165, 1.54) is 0 Å². The second-order valence-electron chi connectivity index (χ2n) is 12.9. The molecule has 6 rings (SSSR count). The number of carbonyl (C=O) groups is 1. The van der Waals surface area contributed by atoms with E-state index in [1.807, 2.05) is 20.8 Å². The highest BCUT2D eigenvalue weighted by Crippen LogP contribution is 2.32. The molecule has 2 fully saturated rings. The molecule has 3 aromatic heterocycles. The fraction of sp³-hybridized carbons (Fsp3) is 0.548. The first-order valence-electron chi connectivity index (χ1n) is 15.3. The molecule has 1 amide bonds. The minimum Gasteiger partial charge on any atom is -0.444 e. The van der Waals surface area contributed by atoms with Crippen LogP contribution in [0.15, 0.2) is 30.6 Å². The van der Waals surface area contributed by atoms with Crippen molar-refractivity contribution in [2.75, 3.05) is 94.7 Å². The van der Waals surface area contributed by atoms with Crippen molar-refractivity contribution in [3.05, 3.63) is 36.3 Å². The van der Waals surface area contributed by atoms with Crippen LogP contribution in [0, 0.1) is 0 Å². The van der Waals surface area contributed by atoms with Crippen molar-refractivity contribution in [2.24, 2.45) is 0 Å². The Bertz CT molecular complexity index is 1440. The first-order chi connectivity index (χ1) is 20.6. The number of piperazine rings is 2. The van der Waals surface area contributed by atoms with Gasteiger partial charge in [-0.15, -0.1) is 0 Å². The summed E-state index contributed by atoms with van der Waals surface area (Å²) in [6.45, 7) is 14.7. The number of amides is 1. The molecule has 2 N–H and O–H groups in total. The summed E-state index contributed by atoms with van der Waals surface area (Å²) >= 11 is 0. The van der Waals surface area contributed by atoms with Gasteiger partial charge in [0.15, 0.2) is 0 Å². The minimum atomic E-state index is -0.508. The number of carbonyl (C=O) groups excluding carboxylic acids is 1. The molecule has 0 aliphatic carbocycles. The SMILES string of the molecule is CN1CCN(c2cc(Nc3ncnc4[nH]c(C5=CCN(C(=O)OC(C)(C)C)CC5)cc34)cc(N3CCN(C)CC3)n2)CC1. The van der Waals surface area contributed by atoms with Gasteiger partial charge in [-0.05, 0) is 52.9 Å². The Morgan fingerprint density at radius 3 is 2.07 bits per heavy atom. The van der Waals surface area contributed by atoms with E-state index in [-0.39, 0.29) is 6.09 Å². The largest absolute Gasteiger partial charge is 0.444 e. The lowest BCUT2D eigenvalue weighted by atomic mass is 10.1. The van der Waals surface area contributed by atoms with E-state index >= 15 is 0 Å². The number of aromatic nitrogens is 4. The number of ether oxygens (including phenoxy) is 1. The van der Waals surface area contributed by atoms with E-state index in [4.69, 9.17) is 9.72 Å². The highest BCUT2D eigenvalue weighted by molar-refractivity contribution is 5.92. The predicted octanol–water partition coefficient (Wildman–Crippen LogP) is 3.62. The van der Waals surface area contributed by atoms with Crippen molar-refractivity contribution in [3.8, 4) is 0 Å². The minimum absolute atomic E-state index is 0.277. The third-order valence-corrected chi connectivity index (χ3v) is 8.35. The molecule has 12 heteroatoms. The van der Waals surface area contributed by atoms with Crippen molar-refractivity contribution in [2.45, 2.75) is 32.8 Å². The maximum Gasteiger partial charge on any atom is 0.410 e. The highest BCUT2D eigenvalue weighted by atomic mass is 16.6. The smallest absolute Gasteiger partial charge is 0.410 e. The number of aromatic amines is 1. The Hall–Kier alpha value is -3.90. The molecule has 6 heterocycles. The average molecular weight is 589 g/mol. The maximum absolute atomic E-state index is 12.5. The summed E-state index contributed by atoms with van der Waals surface area (Å²) in [7, 11) is 4.34. The summed E-state index contributed by atoms with van der Waals surface area (Å²) in [5.74, 6) is 2.74. The van der Waals surface area contributed by atoms with Crippen LogP contribution in [0.2, 0.25) is 0 Å². The van der Waals surface area contributed by atoms with E-state index in [0.29, 0.717) is 13.1 Å². The summed E-state index contributed by atoms with van der Waals surface area (Å²) in [4.78, 5) is 41.5. The van der Waals surface area contributed by atoms with Gasteiger partial charge in [0.25, 0.3) is 0 Å². The van der Waals surface area contributed by atoms with Gasteiger partial charge in [0.1, 0.15) is 35.0 Å². The number of rotatable bonds is 5. The third kappa shape index (κ3) is 6.86. The first-order valence-corrected chi connectivity index (χ1v) is 15.3. The molecule has 3 aliphatic heterocycles. The zero-order chi connectivity index (χ0) is 30.1. The highest BCUT2D eigenvalue weighted by Gasteiger charge is 2.25. The topological polar surface area (TPSA) is 109 Å². The van der Waals surface area contributed by atoms with Crippen LogP contribution in [-0.2, 0) is 4.74 Å². The molecule has 0 saturated carbocycles. The molecule has 43 heavy (non-hydrogen) atoms. The van der Waals surface area contributed by atoms with Gasteiger partial charge < -0.3 is 39.5 Å². The van der Waals surface area contributed by atoms with Gasteiger partial charge in [0, 0.05) is 89.0 Å². The molecule has 3 aliphatic rings. The van der Waals surface area contributed by atoms with E-state index in [2.05, 4.69) is 78.2 Å². The van der Waals surface area contributed by atoms with Crippen LogP contribution < -0.4 is 15.1 Å². The zero-order valence-electron chi connectivity index (χ0n) is 26.1. The number of pyridine rings is 1. The molecule has 3 aromatic rings. The van der Waals surface area contributed by atoms with Gasteiger partial charge in [-0.3, -0.25) is 0 Å². The second-order valence-corrected chi connectivity index (χ2v) is 12.9. The molecule has 0 atom stereocenters. The van der Waals surface area contributed by atoms with E-state index in [9.17, 15) is 4.79 Å². The van der Waals surface area contributed by atoms with Crippen LogP contribution in [0.25, 0.3) is 16.6 Å². The van der Waals surface area contributed by atoms with E-state index in [0.717, 1.165) is 104 Å². The molecular weight excluding hydrogens is 544 g/mol. The lowest BCUT2D eigenvalue weighted by molar-refractivity contribution is 0.0270. The van der Waals surface area contributed by atoms with Crippen LogP contribution in [-0.4, -0.2) is 126 Å². The number of fused-ring (bicyclic) bond motifs is 1. The standard InChI is InChI=1S/C31H44N10O2/c1-31(2,3)43-30(42)41-8-6-22(7-9-41)25-20-24-28(32-21-33-29(24)35-25)34-23-18-26(39-14-10-37(4)11-15-39)36-27(19-23)40-16-12-38(5)13-17-40/h6,18-21H,7-17H2,1-5H3,(H2,32,33,34,35,36). The van der Waals surface area contributed by atoms with Crippen LogP contribution in [0.3, 0.4) is 0 Å². The summed E-state index contributed by atoms with van der Waals surface area (Å²) in [6.07, 6.45) is 4.14. The molecule has 0 bridgehead atoms. The predicted molar refractivity (Wildman–Crippen MR) is 171 cm³/mol. The molecular formula is C31H44N10O2. The van der Waals surface area contributed by atoms with Gasteiger partial charge in [0.05, 0.1) is 5.39 Å². The number of anilines is 4. The molecule has 230 valence electrons. The lowest BCUT2D eigenvalue weighted by Crippen LogP contribution is -2.46. The molecule has 0 spiro atoms. The second kappa shape index (κ2) is 12.0. The zero-order valence-corrected chi connectivity index (χ0v) is 26.1. The number of likely N-dealkylation sites (N-methyl/N-ethyl adjacent to an activating group) is 2. The maximum atomic E-state index is 12.5. The number of nitrogens with one attached hydrogen (secondary N) is 2. The fourth-order valence-corrected chi connectivity index (χ4v) is 5.72. The molecule has 0 aromatic carbocycles. The lowest BCUT2D eigenvalue weighted by Gasteiger charge is -2.36. The fourth-order valence-electron chi connectivity index (χ4n) is 5.72. The monoisotopic (exact) mass is 588 g/mol. The van der Waals surface area contributed by atoms with Gasteiger partial charge in [-0.1, -0.05) is 6.08 Å². The Morgan fingerprint density at radius 1 is 0.884 bits per heavy atom. The number of hydrogen-bond acceptors (Lipinski definition) is 10. The first kappa shape index (κ1) is 29.2. The number of H-pyrrole nitrogens is 1. The van der Waals surface area contributed by atoms with Crippen LogP contribution in [0.4, 0.5) is 27.9 Å². The molecule has 2 saturated heterocycles. The number of hydrogen-bond donors (Lipinski definition) is 2. The van der Waals surface area contributed by atoms with Crippen molar-refractivity contribution >= 4 is 45.8 Å². The van der Waals surface area contributed by atoms with E-state index in [1.54, 1.807) is 11.2 Å². The Kier molecular flexibility index (Phi) is 8.15. The van der Waals surface area contributed by atoms with Gasteiger partial charge in [0.2, 0.25) is 0 Å². The van der Waals surface area contributed by atoms with Gasteiger partial charge in [-0.2, -0.15) is 0 Å². The van der Waals surface area contributed by atoms with Crippen LogP contribution in [0.5, 0.6) is 0 Å². The average Bonchev–Trinajstić information content (AvgIpc) is 3.43. The van der Waals surface area contributed by atoms with Crippen molar-refractivity contribution in [1.82, 2.24) is 34.6 Å². The Balaban J connectivity index is 1.25. The van der Waals surface area contributed by atoms with Gasteiger partial charge in [-0.25, -0.2) is 19.7 Å². The Morgan fingerprint density at radius 2 is 1.51 bits per heavy atom. The van der Waals surface area contributed by atoms with Crippen LogP contribution >= 0.6 is 0 Å². The Labute approximate surface area is 253 Å². The molecule has 12 nitrogen and oxygen atoms in total. The summed E-state index contributed by atoms with van der Waals surface area (Å²) in [5.41, 5.74) is 3.38. The summed E-state index contributed by atoms with van der Waals surface area (Å²) in [6, 6.07) is 6.39. The quantitative estimate of drug-likeness (QED) is 0.459. The van der Waals surface area contributed by atoms with Crippen molar-refractivity contribution in [3.63, 3.8) is 0 Å². The summed E-state index contributed by atoms with van der Waals surface area (Å²) in [5, 5.41) is 4.53. The van der Waals surface area contributed by atoms with Crippen molar-refractivity contribution < 1.29 is 9.53 Å². The third-order valence-electron chi connectivity index (χ3n) is 8.35. The summed E-state index contributed by atoms with van der Waals surface area (Å²) < 4.78 is 5.55.